The summed E-state index contributed by atoms with van der Waals surface area (Å²) in [7, 11) is -2.43. The van der Waals surface area contributed by atoms with Gasteiger partial charge in [-0.1, -0.05) is 0 Å². The summed E-state index contributed by atoms with van der Waals surface area (Å²) in [5.74, 6) is -0.613. The van der Waals surface area contributed by atoms with Gasteiger partial charge in [-0.25, -0.2) is 4.79 Å². The third-order valence-corrected chi connectivity index (χ3v) is 2.96. The first-order valence-corrected chi connectivity index (χ1v) is 5.50. The molecule has 0 aliphatic heterocycles. The number of fused-ring (bicyclic) bond motifs is 1. The van der Waals surface area contributed by atoms with E-state index in [1.54, 1.807) is 0 Å². The SMILES string of the molecule is N#[N+]c1c(O)c2c(oc1=O)=CCC(=S(=O)=O)C=2. The first-order valence-electron chi connectivity index (χ1n) is 4.42. The van der Waals surface area contributed by atoms with Crippen LogP contribution in [0.3, 0.4) is 0 Å². The molecule has 2 rings (SSSR count). The van der Waals surface area contributed by atoms with Crippen molar-refractivity contribution in [1.29, 1.82) is 5.39 Å². The molecular weight excluding hydrogens is 248 g/mol. The smallest absolute Gasteiger partial charge is 0.501 e. The van der Waals surface area contributed by atoms with Crippen LogP contribution in [0.25, 0.3) is 17.1 Å². The van der Waals surface area contributed by atoms with E-state index in [0.29, 0.717) is 0 Å². The Balaban J connectivity index is 3.03. The Morgan fingerprint density at radius 1 is 1.47 bits per heavy atom. The Labute approximate surface area is 95.1 Å². The monoisotopic (exact) mass is 253 g/mol. The third-order valence-electron chi connectivity index (χ3n) is 2.25. The number of nitrogens with zero attached hydrogens (tertiary/aromatic N) is 2. The van der Waals surface area contributed by atoms with E-state index in [-0.39, 0.29) is 21.9 Å². The van der Waals surface area contributed by atoms with Crippen LogP contribution < -0.4 is 16.3 Å². The molecule has 1 N–H and O–H groups in total. The van der Waals surface area contributed by atoms with Gasteiger partial charge in [0.15, 0.2) is 4.98 Å². The number of hydrogen-bond acceptors (Lipinski definition) is 6. The molecule has 8 heteroatoms. The highest BCUT2D eigenvalue weighted by Crippen LogP contribution is 2.15. The van der Waals surface area contributed by atoms with Crippen LogP contribution in [0.2, 0.25) is 0 Å². The Bertz CT molecular complexity index is 846. The van der Waals surface area contributed by atoms with Gasteiger partial charge in [-0.15, -0.1) is 0 Å². The molecule has 0 fully saturated rings. The minimum Gasteiger partial charge on any atom is -0.501 e. The maximum atomic E-state index is 11.2. The molecule has 0 bridgehead atoms. The van der Waals surface area contributed by atoms with Gasteiger partial charge in [0.25, 0.3) is 0 Å². The lowest BCUT2D eigenvalue weighted by Gasteiger charge is -1.98. The fourth-order valence-corrected chi connectivity index (χ4v) is 1.89. The molecule has 1 heterocycles. The van der Waals surface area contributed by atoms with Crippen molar-refractivity contribution in [1.82, 2.24) is 0 Å². The van der Waals surface area contributed by atoms with E-state index in [4.69, 9.17) is 9.81 Å². The summed E-state index contributed by atoms with van der Waals surface area (Å²) in [6, 6.07) is 0. The van der Waals surface area contributed by atoms with Crippen LogP contribution in [-0.4, -0.2) is 18.4 Å². The molecule has 1 aromatic rings. The van der Waals surface area contributed by atoms with Crippen LogP contribution in [0.4, 0.5) is 5.69 Å². The maximum Gasteiger partial charge on any atom is 0.510 e. The fourth-order valence-electron chi connectivity index (χ4n) is 1.45. The molecule has 0 spiro atoms. The van der Waals surface area contributed by atoms with Gasteiger partial charge < -0.3 is 9.52 Å². The molecule has 17 heavy (non-hydrogen) atoms. The Morgan fingerprint density at radius 2 is 2.18 bits per heavy atom. The highest BCUT2D eigenvalue weighted by atomic mass is 32.2. The standard InChI is InChI=1S/C9H4N2O5S/c10-11-7-8(12)5-3-4(17(14)15)1-2-6(5)16-9(7)13/h2-3H,1H2/p+1. The van der Waals surface area contributed by atoms with E-state index in [1.165, 1.54) is 6.08 Å². The van der Waals surface area contributed by atoms with Crippen LogP contribution >= 0.6 is 0 Å². The predicted molar refractivity (Wildman–Crippen MR) is 58.1 cm³/mol. The Hall–Kier alpha value is -2.40. The summed E-state index contributed by atoms with van der Waals surface area (Å²) in [5.41, 5.74) is -1.61. The maximum absolute atomic E-state index is 11.2. The van der Waals surface area contributed by atoms with Crippen molar-refractivity contribution in [2.75, 3.05) is 0 Å². The quantitative estimate of drug-likeness (QED) is 0.461. The normalized spacial score (nSPS) is 13.0. The zero-order valence-electron chi connectivity index (χ0n) is 8.24. The molecule has 1 aromatic heterocycles. The average molecular weight is 253 g/mol. The van der Waals surface area contributed by atoms with Crippen molar-refractivity contribution in [3.63, 3.8) is 0 Å². The molecule has 0 aromatic carbocycles. The lowest BCUT2D eigenvalue weighted by Crippen LogP contribution is -2.33. The number of aromatic hydroxyl groups is 1. The predicted octanol–water partition coefficient (Wildman–Crippen LogP) is -1.15. The van der Waals surface area contributed by atoms with Gasteiger partial charge in [0.2, 0.25) is 21.4 Å². The van der Waals surface area contributed by atoms with Gasteiger partial charge in [-0.2, -0.15) is 8.42 Å². The lowest BCUT2D eigenvalue weighted by molar-refractivity contribution is 0.430. The molecule has 7 nitrogen and oxygen atoms in total. The summed E-state index contributed by atoms with van der Waals surface area (Å²) in [6.07, 6.45) is 2.58. The average Bonchev–Trinajstić information content (AvgIpc) is 2.29. The van der Waals surface area contributed by atoms with Gasteiger partial charge in [0.05, 0.1) is 10.1 Å². The van der Waals surface area contributed by atoms with Crippen molar-refractivity contribution < 1.29 is 17.9 Å². The lowest BCUT2D eigenvalue weighted by atomic mass is 10.1. The molecule has 0 atom stereocenters. The van der Waals surface area contributed by atoms with E-state index in [9.17, 15) is 18.3 Å². The zero-order chi connectivity index (χ0) is 12.6. The summed E-state index contributed by atoms with van der Waals surface area (Å²) in [6.45, 7) is 0. The van der Waals surface area contributed by atoms with Crippen LogP contribution in [0.5, 0.6) is 5.75 Å². The highest BCUT2D eigenvalue weighted by molar-refractivity contribution is 7.73. The van der Waals surface area contributed by atoms with E-state index in [1.807, 2.05) is 0 Å². The Morgan fingerprint density at radius 3 is 2.76 bits per heavy atom. The summed E-state index contributed by atoms with van der Waals surface area (Å²) in [4.78, 5) is 13.8. The van der Waals surface area contributed by atoms with Crippen LogP contribution in [0.1, 0.15) is 6.42 Å². The van der Waals surface area contributed by atoms with Crippen molar-refractivity contribution in [2.24, 2.45) is 0 Å². The number of rotatable bonds is 0. The first kappa shape index (κ1) is 11.1. The van der Waals surface area contributed by atoms with E-state index in [0.717, 1.165) is 6.08 Å². The fraction of sp³-hybridized carbons (Fsp3) is 0.111. The number of hydrogen-bond donors (Lipinski definition) is 1. The third kappa shape index (κ3) is 1.72. The molecule has 86 valence electrons. The molecular formula is C9H5N2O5S+. The van der Waals surface area contributed by atoms with Gasteiger partial charge in [0, 0.05) is 6.42 Å². The second kappa shape index (κ2) is 3.88. The molecule has 0 saturated carbocycles. The van der Waals surface area contributed by atoms with Crippen molar-refractivity contribution in [2.45, 2.75) is 6.42 Å². The van der Waals surface area contributed by atoms with Gasteiger partial charge in [0.1, 0.15) is 5.42 Å². The number of diazo groups is 1. The van der Waals surface area contributed by atoms with Gasteiger partial charge in [-0.05, 0) is 12.2 Å². The second-order valence-electron chi connectivity index (χ2n) is 3.22. The second-order valence-corrected chi connectivity index (χ2v) is 4.21. The van der Waals surface area contributed by atoms with Crippen LogP contribution in [0.15, 0.2) is 9.21 Å². The van der Waals surface area contributed by atoms with Crippen molar-refractivity contribution >= 4 is 33.0 Å². The molecule has 0 saturated heterocycles. The van der Waals surface area contributed by atoms with Gasteiger partial charge in [-0.3, -0.25) is 0 Å². The van der Waals surface area contributed by atoms with Crippen molar-refractivity contribution in [3.8, 4) is 5.75 Å². The minimum atomic E-state index is -2.43. The molecule has 1 aliphatic rings. The minimum absolute atomic E-state index is 0.00264. The van der Waals surface area contributed by atoms with E-state index >= 15 is 0 Å². The summed E-state index contributed by atoms with van der Waals surface area (Å²) < 4.78 is 26.3. The molecule has 0 unspecified atom stereocenters. The summed E-state index contributed by atoms with van der Waals surface area (Å²) in [5, 5.41) is 18.2. The zero-order valence-corrected chi connectivity index (χ0v) is 9.06. The molecule has 0 amide bonds. The van der Waals surface area contributed by atoms with E-state index in [2.05, 4.69) is 4.98 Å². The van der Waals surface area contributed by atoms with Gasteiger partial charge >= 0.3 is 11.3 Å². The highest BCUT2D eigenvalue weighted by Gasteiger charge is 2.24. The van der Waals surface area contributed by atoms with Crippen LogP contribution in [-0.2, 0) is 10.3 Å². The molecule has 1 aliphatic carbocycles. The van der Waals surface area contributed by atoms with E-state index < -0.39 is 27.4 Å². The largest absolute Gasteiger partial charge is 0.510 e. The molecule has 0 radical (unpaired) electrons. The Kier molecular flexibility index (Phi) is 2.53. The topological polar surface area (TPSA) is 113 Å². The summed E-state index contributed by atoms with van der Waals surface area (Å²) >= 11 is 0. The first-order chi connectivity index (χ1) is 8.04. The van der Waals surface area contributed by atoms with Crippen LogP contribution in [0, 0.1) is 5.39 Å². The van der Waals surface area contributed by atoms with Crippen molar-refractivity contribution in [3.05, 3.63) is 26.0 Å².